The second-order valence-electron chi connectivity index (χ2n) is 4.01. The van der Waals surface area contributed by atoms with E-state index in [1.165, 1.54) is 6.07 Å². The van der Waals surface area contributed by atoms with Crippen molar-refractivity contribution in [3.63, 3.8) is 0 Å². The first-order chi connectivity index (χ1) is 8.95. The van der Waals surface area contributed by atoms with Crippen molar-refractivity contribution in [1.29, 1.82) is 0 Å². The maximum atomic E-state index is 13.8. The van der Waals surface area contributed by atoms with Crippen LogP contribution in [0.2, 0.25) is 0 Å². The van der Waals surface area contributed by atoms with Gasteiger partial charge in [-0.1, -0.05) is 6.07 Å². The number of alkyl halides is 2. The molecule has 0 unspecified atom stereocenters. The van der Waals surface area contributed by atoms with Gasteiger partial charge in [-0.05, 0) is 11.6 Å². The van der Waals surface area contributed by atoms with Gasteiger partial charge in [-0.15, -0.1) is 0 Å². The summed E-state index contributed by atoms with van der Waals surface area (Å²) in [6, 6.07) is 3.19. The van der Waals surface area contributed by atoms with Crippen molar-refractivity contribution in [3.05, 3.63) is 29.6 Å². The molecule has 1 aromatic carbocycles. The van der Waals surface area contributed by atoms with Crippen molar-refractivity contribution in [2.24, 2.45) is 0 Å². The summed E-state index contributed by atoms with van der Waals surface area (Å²) < 4.78 is 46.0. The van der Waals surface area contributed by atoms with E-state index in [0.29, 0.717) is 0 Å². The highest BCUT2D eigenvalue weighted by Crippen LogP contribution is 2.31. The van der Waals surface area contributed by atoms with E-state index < -0.39 is 30.3 Å². The number of cyclic esters (lactones) is 2. The number of carbonyl (C=O) groups is 2. The van der Waals surface area contributed by atoms with Crippen LogP contribution >= 0.6 is 0 Å². The first-order valence-corrected chi connectivity index (χ1v) is 5.43. The molecule has 0 spiro atoms. The zero-order valence-electron chi connectivity index (χ0n) is 9.57. The molecular formula is C12H9F3O4. The molecule has 0 atom stereocenters. The largest absolute Gasteiger partial charge is 0.435 e. The SMILES string of the molecule is O=C1CC(c2ccc(OC(F)F)cc2F)CC(=O)O1. The molecule has 0 aliphatic carbocycles. The Morgan fingerprint density at radius 1 is 1.21 bits per heavy atom. The third kappa shape index (κ3) is 3.24. The van der Waals surface area contributed by atoms with E-state index in [-0.39, 0.29) is 24.2 Å². The number of esters is 2. The van der Waals surface area contributed by atoms with Crippen LogP contribution in [0.25, 0.3) is 0 Å². The number of rotatable bonds is 3. The lowest BCUT2D eigenvalue weighted by Crippen LogP contribution is -2.24. The zero-order valence-corrected chi connectivity index (χ0v) is 9.57. The highest BCUT2D eigenvalue weighted by Gasteiger charge is 2.30. The average molecular weight is 274 g/mol. The molecule has 1 aliphatic rings. The fourth-order valence-electron chi connectivity index (χ4n) is 1.92. The summed E-state index contributed by atoms with van der Waals surface area (Å²) in [5.74, 6) is -3.22. The van der Waals surface area contributed by atoms with Crippen molar-refractivity contribution in [1.82, 2.24) is 0 Å². The highest BCUT2D eigenvalue weighted by atomic mass is 19.3. The lowest BCUT2D eigenvalue weighted by atomic mass is 9.90. The fourth-order valence-corrected chi connectivity index (χ4v) is 1.92. The third-order valence-electron chi connectivity index (χ3n) is 2.69. The van der Waals surface area contributed by atoms with Crippen LogP contribution in [0.3, 0.4) is 0 Å². The fraction of sp³-hybridized carbons (Fsp3) is 0.333. The quantitative estimate of drug-likeness (QED) is 0.627. The van der Waals surface area contributed by atoms with Crippen molar-refractivity contribution in [2.75, 3.05) is 0 Å². The molecule has 0 bridgehead atoms. The molecule has 0 aromatic heterocycles. The molecule has 1 fully saturated rings. The van der Waals surface area contributed by atoms with E-state index in [1.54, 1.807) is 0 Å². The number of carbonyl (C=O) groups excluding carboxylic acids is 2. The number of hydrogen-bond donors (Lipinski definition) is 0. The Hall–Kier alpha value is -2.05. The maximum Gasteiger partial charge on any atom is 0.387 e. The zero-order chi connectivity index (χ0) is 14.0. The van der Waals surface area contributed by atoms with Gasteiger partial charge in [0.05, 0.1) is 12.8 Å². The molecule has 0 N–H and O–H groups in total. The Balaban J connectivity index is 2.20. The van der Waals surface area contributed by atoms with E-state index in [4.69, 9.17) is 0 Å². The Morgan fingerprint density at radius 2 is 1.84 bits per heavy atom. The Bertz CT molecular complexity index is 500. The topological polar surface area (TPSA) is 52.6 Å². The monoisotopic (exact) mass is 274 g/mol. The number of halogens is 3. The normalized spacial score (nSPS) is 16.6. The van der Waals surface area contributed by atoms with Crippen LogP contribution in [0.1, 0.15) is 24.3 Å². The van der Waals surface area contributed by atoms with Crippen molar-refractivity contribution < 1.29 is 32.2 Å². The van der Waals surface area contributed by atoms with Crippen molar-refractivity contribution >= 4 is 11.9 Å². The Morgan fingerprint density at radius 3 is 2.37 bits per heavy atom. The van der Waals surface area contributed by atoms with Gasteiger partial charge < -0.3 is 9.47 Å². The summed E-state index contributed by atoms with van der Waals surface area (Å²) in [6.07, 6.45) is -0.255. The molecule has 19 heavy (non-hydrogen) atoms. The van der Waals surface area contributed by atoms with Gasteiger partial charge in [-0.25, -0.2) is 4.39 Å². The minimum Gasteiger partial charge on any atom is -0.435 e. The summed E-state index contributed by atoms with van der Waals surface area (Å²) >= 11 is 0. The van der Waals surface area contributed by atoms with Crippen LogP contribution in [0.4, 0.5) is 13.2 Å². The molecule has 1 aliphatic heterocycles. The minimum absolute atomic E-state index is 0.103. The molecular weight excluding hydrogens is 265 g/mol. The van der Waals surface area contributed by atoms with Gasteiger partial charge in [-0.2, -0.15) is 8.78 Å². The Kier molecular flexibility index (Phi) is 3.73. The standard InChI is InChI=1S/C12H9F3O4/c13-9-5-7(18-12(14)15)1-2-8(9)6-3-10(16)19-11(17)4-6/h1-2,5-6,12H,3-4H2. The van der Waals surface area contributed by atoms with Crippen molar-refractivity contribution in [2.45, 2.75) is 25.4 Å². The molecule has 4 nitrogen and oxygen atoms in total. The molecule has 102 valence electrons. The van der Waals surface area contributed by atoms with Gasteiger partial charge in [-0.3, -0.25) is 9.59 Å². The number of benzene rings is 1. The second-order valence-corrected chi connectivity index (χ2v) is 4.01. The van der Waals surface area contributed by atoms with Crippen LogP contribution < -0.4 is 4.74 Å². The van der Waals surface area contributed by atoms with Crippen LogP contribution in [-0.4, -0.2) is 18.6 Å². The maximum absolute atomic E-state index is 13.8. The van der Waals surface area contributed by atoms with Gasteiger partial charge in [0, 0.05) is 12.0 Å². The molecule has 1 saturated heterocycles. The summed E-state index contributed by atoms with van der Waals surface area (Å²) in [6.45, 7) is -3.04. The molecule has 1 heterocycles. The third-order valence-corrected chi connectivity index (χ3v) is 2.69. The summed E-state index contributed by atoms with van der Waals surface area (Å²) in [7, 11) is 0. The Labute approximate surface area is 106 Å². The van der Waals surface area contributed by atoms with E-state index in [0.717, 1.165) is 12.1 Å². The van der Waals surface area contributed by atoms with Crippen molar-refractivity contribution in [3.8, 4) is 5.75 Å². The summed E-state index contributed by atoms with van der Waals surface area (Å²) in [5, 5.41) is 0. The van der Waals surface area contributed by atoms with E-state index >= 15 is 0 Å². The molecule has 2 rings (SSSR count). The lowest BCUT2D eigenvalue weighted by molar-refractivity contribution is -0.163. The summed E-state index contributed by atoms with van der Waals surface area (Å²) in [4.78, 5) is 22.2. The van der Waals surface area contributed by atoms with Crippen LogP contribution in [-0.2, 0) is 14.3 Å². The predicted molar refractivity (Wildman–Crippen MR) is 56.1 cm³/mol. The lowest BCUT2D eigenvalue weighted by Gasteiger charge is -2.20. The summed E-state index contributed by atoms with van der Waals surface area (Å²) in [5.41, 5.74) is 0.103. The van der Waals surface area contributed by atoms with Crippen LogP contribution in [0, 0.1) is 5.82 Å². The predicted octanol–water partition coefficient (Wildman–Crippen LogP) is 2.37. The highest BCUT2D eigenvalue weighted by molar-refractivity contribution is 5.89. The number of hydrogen-bond acceptors (Lipinski definition) is 4. The minimum atomic E-state index is -3.04. The molecule has 0 amide bonds. The van der Waals surface area contributed by atoms with Crippen LogP contribution in [0.5, 0.6) is 5.75 Å². The smallest absolute Gasteiger partial charge is 0.387 e. The molecule has 1 aromatic rings. The molecule has 0 saturated carbocycles. The molecule has 0 radical (unpaired) electrons. The van der Waals surface area contributed by atoms with E-state index in [9.17, 15) is 22.8 Å². The first-order valence-electron chi connectivity index (χ1n) is 5.43. The van der Waals surface area contributed by atoms with Gasteiger partial charge in [0.15, 0.2) is 0 Å². The van der Waals surface area contributed by atoms with E-state index in [2.05, 4.69) is 9.47 Å². The molecule has 7 heteroatoms. The van der Waals surface area contributed by atoms with Gasteiger partial charge in [0.1, 0.15) is 11.6 Å². The van der Waals surface area contributed by atoms with Gasteiger partial charge in [0.25, 0.3) is 0 Å². The van der Waals surface area contributed by atoms with E-state index in [1.807, 2.05) is 0 Å². The van der Waals surface area contributed by atoms with Gasteiger partial charge >= 0.3 is 18.6 Å². The first kappa shape index (κ1) is 13.4. The van der Waals surface area contributed by atoms with Crippen LogP contribution in [0.15, 0.2) is 18.2 Å². The van der Waals surface area contributed by atoms with Gasteiger partial charge in [0.2, 0.25) is 0 Å². The number of ether oxygens (including phenoxy) is 2. The average Bonchev–Trinajstić information content (AvgIpc) is 2.26. The second kappa shape index (κ2) is 5.29.